The maximum Gasteiger partial charge on any atom is 0.342 e. The highest BCUT2D eigenvalue weighted by atomic mass is 35.5. The minimum Gasteiger partial charge on any atom is -0.465 e. The van der Waals surface area contributed by atoms with Crippen LogP contribution in [0.1, 0.15) is 27.4 Å². The Bertz CT molecular complexity index is 1160. The van der Waals surface area contributed by atoms with Gasteiger partial charge >= 0.3 is 12.0 Å². The monoisotopic (exact) mass is 451 g/mol. The predicted octanol–water partition coefficient (Wildman–Crippen LogP) is 5.30. The van der Waals surface area contributed by atoms with Crippen molar-refractivity contribution in [3.8, 4) is 0 Å². The molecule has 1 atom stereocenters. The van der Waals surface area contributed by atoms with Crippen molar-refractivity contribution in [2.24, 2.45) is 5.10 Å². The Morgan fingerprint density at radius 3 is 2.31 bits per heavy atom. The van der Waals surface area contributed by atoms with Crippen LogP contribution >= 0.6 is 11.6 Å². The molecule has 8 heteroatoms. The maximum atomic E-state index is 13.5. The molecule has 3 aromatic rings. The van der Waals surface area contributed by atoms with E-state index in [4.69, 9.17) is 16.3 Å². The minimum atomic E-state index is -0.431. The number of hydrogen-bond donors (Lipinski definition) is 1. The van der Waals surface area contributed by atoms with Gasteiger partial charge in [0, 0.05) is 16.6 Å². The molecular weight excluding hydrogens is 433 g/mol. The van der Waals surface area contributed by atoms with E-state index in [0.717, 1.165) is 5.56 Å². The summed E-state index contributed by atoms with van der Waals surface area (Å²) >= 11 is 5.90. The second-order valence-corrected chi connectivity index (χ2v) is 7.61. The highest BCUT2D eigenvalue weighted by molar-refractivity contribution is 6.30. The summed E-state index contributed by atoms with van der Waals surface area (Å²) in [6.07, 6.45) is 0. The number of urea groups is 1. The van der Waals surface area contributed by atoms with Crippen molar-refractivity contribution < 1.29 is 18.7 Å². The number of methoxy groups -OCH3 is 1. The number of benzene rings is 3. The smallest absolute Gasteiger partial charge is 0.342 e. The average Bonchev–Trinajstić information content (AvgIpc) is 3.26. The third kappa shape index (κ3) is 4.63. The second-order valence-electron chi connectivity index (χ2n) is 7.18. The quantitative estimate of drug-likeness (QED) is 0.547. The fourth-order valence-corrected chi connectivity index (χ4v) is 3.59. The first-order valence-corrected chi connectivity index (χ1v) is 10.2. The molecule has 0 aromatic heterocycles. The Morgan fingerprint density at radius 1 is 1.03 bits per heavy atom. The van der Waals surface area contributed by atoms with Crippen LogP contribution in [0, 0.1) is 5.82 Å². The van der Waals surface area contributed by atoms with E-state index in [1.165, 1.54) is 24.3 Å². The largest absolute Gasteiger partial charge is 0.465 e. The van der Waals surface area contributed by atoms with Crippen LogP contribution in [0.3, 0.4) is 0 Å². The Hall–Kier alpha value is -3.71. The molecule has 1 aliphatic heterocycles. The van der Waals surface area contributed by atoms with Crippen molar-refractivity contribution in [2.75, 3.05) is 19.0 Å². The molecule has 32 heavy (non-hydrogen) atoms. The molecule has 0 radical (unpaired) electrons. The van der Waals surface area contributed by atoms with E-state index in [0.29, 0.717) is 27.5 Å². The molecular formula is C24H19ClFN3O3. The standard InChI is InChI=1S/C24H19ClFN3O3/c1-32-23(30)17-4-2-15(3-5-17)21-14-29(24(31)27-20-12-8-18(25)9-13-20)28-22(21)16-6-10-19(26)11-7-16/h2-13,21H,14H2,1H3,(H,27,31). The van der Waals surface area contributed by atoms with Crippen LogP contribution in [0.5, 0.6) is 0 Å². The van der Waals surface area contributed by atoms with Crippen molar-refractivity contribution in [3.63, 3.8) is 0 Å². The van der Waals surface area contributed by atoms with Crippen molar-refractivity contribution in [3.05, 3.63) is 100 Å². The van der Waals surface area contributed by atoms with Crippen LogP contribution in [0.4, 0.5) is 14.9 Å². The van der Waals surface area contributed by atoms with Crippen LogP contribution < -0.4 is 5.32 Å². The zero-order valence-corrected chi connectivity index (χ0v) is 17.8. The topological polar surface area (TPSA) is 71.0 Å². The summed E-state index contributed by atoms with van der Waals surface area (Å²) in [7, 11) is 1.32. The summed E-state index contributed by atoms with van der Waals surface area (Å²) < 4.78 is 18.2. The third-order valence-corrected chi connectivity index (χ3v) is 5.37. The van der Waals surface area contributed by atoms with Crippen molar-refractivity contribution in [2.45, 2.75) is 5.92 Å². The average molecular weight is 452 g/mol. The molecule has 0 bridgehead atoms. The SMILES string of the molecule is COC(=O)c1ccc(C2CN(C(=O)Nc3ccc(Cl)cc3)N=C2c2ccc(F)cc2)cc1. The van der Waals surface area contributed by atoms with Gasteiger partial charge in [0.1, 0.15) is 5.82 Å². The predicted molar refractivity (Wildman–Crippen MR) is 121 cm³/mol. The van der Waals surface area contributed by atoms with Crippen LogP contribution in [-0.4, -0.2) is 36.4 Å². The zero-order valence-electron chi connectivity index (χ0n) is 17.1. The highest BCUT2D eigenvalue weighted by Gasteiger charge is 2.32. The lowest BCUT2D eigenvalue weighted by Gasteiger charge is -2.16. The Kier molecular flexibility index (Phi) is 6.18. The van der Waals surface area contributed by atoms with E-state index in [-0.39, 0.29) is 18.3 Å². The molecule has 0 saturated heterocycles. The summed E-state index contributed by atoms with van der Waals surface area (Å²) in [5.41, 5.74) is 3.20. The number of carbonyl (C=O) groups is 2. The van der Waals surface area contributed by atoms with Gasteiger partial charge in [-0.05, 0) is 59.7 Å². The molecule has 2 amide bonds. The van der Waals surface area contributed by atoms with Gasteiger partial charge in [-0.3, -0.25) is 0 Å². The van der Waals surface area contributed by atoms with Gasteiger partial charge in [-0.1, -0.05) is 35.9 Å². The number of rotatable bonds is 4. The van der Waals surface area contributed by atoms with E-state index in [9.17, 15) is 14.0 Å². The van der Waals surface area contributed by atoms with Gasteiger partial charge in [0.05, 0.1) is 24.9 Å². The Morgan fingerprint density at radius 2 is 1.69 bits per heavy atom. The van der Waals surface area contributed by atoms with Crippen molar-refractivity contribution in [1.82, 2.24) is 5.01 Å². The maximum absolute atomic E-state index is 13.5. The van der Waals surface area contributed by atoms with Crippen molar-refractivity contribution in [1.29, 1.82) is 0 Å². The Balaban J connectivity index is 1.62. The van der Waals surface area contributed by atoms with E-state index in [1.54, 1.807) is 60.7 Å². The van der Waals surface area contributed by atoms with Gasteiger partial charge in [-0.2, -0.15) is 5.10 Å². The first-order valence-electron chi connectivity index (χ1n) is 9.81. The van der Waals surface area contributed by atoms with E-state index in [1.807, 2.05) is 0 Å². The normalized spacial score (nSPS) is 15.3. The van der Waals surface area contributed by atoms with Gasteiger partial charge in [-0.25, -0.2) is 19.0 Å². The fraction of sp³-hybridized carbons (Fsp3) is 0.125. The molecule has 162 valence electrons. The number of anilines is 1. The molecule has 0 aliphatic carbocycles. The number of carbonyl (C=O) groups excluding carboxylic acids is 2. The summed E-state index contributed by atoms with van der Waals surface area (Å²) in [5, 5.41) is 9.23. The molecule has 1 aliphatic rings. The number of hydrogen-bond acceptors (Lipinski definition) is 4. The van der Waals surface area contributed by atoms with E-state index in [2.05, 4.69) is 10.4 Å². The number of nitrogens with zero attached hydrogens (tertiary/aromatic N) is 2. The van der Waals surface area contributed by atoms with E-state index >= 15 is 0 Å². The summed E-state index contributed by atoms with van der Waals surface area (Å²) in [6, 6.07) is 19.3. The third-order valence-electron chi connectivity index (χ3n) is 5.12. The number of esters is 1. The molecule has 1 N–H and O–H groups in total. The van der Waals surface area contributed by atoms with Crippen LogP contribution in [0.25, 0.3) is 0 Å². The highest BCUT2D eigenvalue weighted by Crippen LogP contribution is 2.30. The van der Waals surface area contributed by atoms with Gasteiger partial charge < -0.3 is 10.1 Å². The lowest BCUT2D eigenvalue weighted by Crippen LogP contribution is -2.30. The number of ether oxygens (including phenoxy) is 1. The van der Waals surface area contributed by atoms with Crippen LogP contribution in [-0.2, 0) is 4.74 Å². The van der Waals surface area contributed by atoms with Gasteiger partial charge in [0.25, 0.3) is 0 Å². The molecule has 0 spiro atoms. The first-order chi connectivity index (χ1) is 15.4. The molecule has 6 nitrogen and oxygen atoms in total. The fourth-order valence-electron chi connectivity index (χ4n) is 3.46. The number of nitrogens with one attached hydrogen (secondary N) is 1. The van der Waals surface area contributed by atoms with Gasteiger partial charge in [-0.15, -0.1) is 0 Å². The van der Waals surface area contributed by atoms with Crippen LogP contribution in [0.15, 0.2) is 77.9 Å². The summed E-state index contributed by atoms with van der Waals surface area (Å²) in [5.74, 6) is -1.05. The second kappa shape index (κ2) is 9.20. The molecule has 0 fully saturated rings. The molecule has 0 saturated carbocycles. The van der Waals surface area contributed by atoms with Gasteiger partial charge in [0.15, 0.2) is 0 Å². The molecule has 4 rings (SSSR count). The van der Waals surface area contributed by atoms with E-state index < -0.39 is 12.0 Å². The summed E-state index contributed by atoms with van der Waals surface area (Å²) in [6.45, 7) is 0.281. The number of amides is 2. The first kappa shape index (κ1) is 21.5. The lowest BCUT2D eigenvalue weighted by molar-refractivity contribution is 0.0600. The zero-order chi connectivity index (χ0) is 22.7. The van der Waals surface area contributed by atoms with Crippen molar-refractivity contribution >= 4 is 35.0 Å². The molecule has 3 aromatic carbocycles. The summed E-state index contributed by atoms with van der Waals surface area (Å²) in [4.78, 5) is 24.6. The number of hydrazone groups is 1. The Labute approximate surface area is 189 Å². The minimum absolute atomic E-state index is 0.261. The molecule has 1 unspecified atom stereocenters. The number of halogens is 2. The lowest BCUT2D eigenvalue weighted by atomic mass is 9.90. The van der Waals surface area contributed by atoms with Gasteiger partial charge in [0.2, 0.25) is 0 Å². The van der Waals surface area contributed by atoms with Crippen LogP contribution in [0.2, 0.25) is 5.02 Å². The molecule has 1 heterocycles.